The van der Waals surface area contributed by atoms with Gasteiger partial charge in [-0.2, -0.15) is 0 Å². The zero-order valence-electron chi connectivity index (χ0n) is 12.4. The summed E-state index contributed by atoms with van der Waals surface area (Å²) in [5, 5.41) is 0. The Morgan fingerprint density at radius 3 is 2.67 bits per heavy atom. The lowest BCUT2D eigenvalue weighted by atomic mass is 9.97. The highest BCUT2D eigenvalue weighted by atomic mass is 16.5. The number of ether oxygens (including phenoxy) is 2. The molecule has 3 nitrogen and oxygen atoms in total. The number of fused-ring (bicyclic) bond motifs is 1. The van der Waals surface area contributed by atoms with E-state index in [0.29, 0.717) is 6.54 Å². The maximum atomic E-state index is 5.85. The number of benzene rings is 2. The minimum atomic E-state index is 0.516. The summed E-state index contributed by atoms with van der Waals surface area (Å²) >= 11 is 0. The largest absolute Gasteiger partial charge is 0.493 e. The molecule has 0 atom stereocenters. The molecular weight excluding hydrogens is 262 g/mol. The van der Waals surface area contributed by atoms with Crippen molar-refractivity contribution in [3.63, 3.8) is 0 Å². The number of methoxy groups -OCH3 is 1. The van der Waals surface area contributed by atoms with E-state index >= 15 is 0 Å². The Bertz CT molecular complexity index is 620. The van der Waals surface area contributed by atoms with Crippen LogP contribution in [-0.4, -0.2) is 20.3 Å². The van der Waals surface area contributed by atoms with Crippen molar-refractivity contribution < 1.29 is 9.47 Å². The summed E-state index contributed by atoms with van der Waals surface area (Å²) < 4.78 is 10.8. The minimum Gasteiger partial charge on any atom is -0.493 e. The van der Waals surface area contributed by atoms with Crippen LogP contribution in [0.25, 0.3) is 11.1 Å². The van der Waals surface area contributed by atoms with Gasteiger partial charge in [-0.3, -0.25) is 0 Å². The Kier molecular flexibility index (Phi) is 4.23. The SMILES string of the molecule is COCCc1ccc(-c2cc(CN)c3c(c2)CCO3)cc1. The van der Waals surface area contributed by atoms with E-state index in [0.717, 1.165) is 37.4 Å². The molecule has 0 saturated carbocycles. The molecule has 0 aromatic heterocycles. The Hall–Kier alpha value is -1.84. The van der Waals surface area contributed by atoms with Gasteiger partial charge in [0.15, 0.2) is 0 Å². The zero-order valence-corrected chi connectivity index (χ0v) is 12.4. The quantitative estimate of drug-likeness (QED) is 0.917. The van der Waals surface area contributed by atoms with E-state index in [1.807, 2.05) is 0 Å². The molecule has 1 aliphatic rings. The van der Waals surface area contributed by atoms with Crippen LogP contribution in [0.2, 0.25) is 0 Å². The number of nitrogens with two attached hydrogens (primary N) is 1. The van der Waals surface area contributed by atoms with Gasteiger partial charge in [0.25, 0.3) is 0 Å². The maximum absolute atomic E-state index is 5.85. The van der Waals surface area contributed by atoms with Crippen molar-refractivity contribution in [2.75, 3.05) is 20.3 Å². The lowest BCUT2D eigenvalue weighted by Crippen LogP contribution is -2.00. The second kappa shape index (κ2) is 6.29. The summed E-state index contributed by atoms with van der Waals surface area (Å²) in [5.74, 6) is 0.998. The van der Waals surface area contributed by atoms with Crippen molar-refractivity contribution in [2.45, 2.75) is 19.4 Å². The molecule has 0 spiro atoms. The molecule has 0 amide bonds. The summed E-state index contributed by atoms with van der Waals surface area (Å²) in [6.45, 7) is 2.04. The lowest BCUT2D eigenvalue weighted by molar-refractivity contribution is 0.202. The third-order valence-electron chi connectivity index (χ3n) is 3.96. The predicted molar refractivity (Wildman–Crippen MR) is 84.5 cm³/mol. The third kappa shape index (κ3) is 2.94. The van der Waals surface area contributed by atoms with Crippen LogP contribution in [0.3, 0.4) is 0 Å². The molecular formula is C18H21NO2. The Labute approximate surface area is 125 Å². The summed E-state index contributed by atoms with van der Waals surface area (Å²) in [7, 11) is 1.73. The van der Waals surface area contributed by atoms with E-state index < -0.39 is 0 Å². The molecule has 0 unspecified atom stereocenters. The van der Waals surface area contributed by atoms with Crippen molar-refractivity contribution in [2.24, 2.45) is 5.73 Å². The van der Waals surface area contributed by atoms with Crippen LogP contribution in [-0.2, 0) is 24.1 Å². The third-order valence-corrected chi connectivity index (χ3v) is 3.96. The van der Waals surface area contributed by atoms with E-state index in [-0.39, 0.29) is 0 Å². The van der Waals surface area contributed by atoms with Crippen LogP contribution in [0.15, 0.2) is 36.4 Å². The molecule has 1 heterocycles. The fourth-order valence-electron chi connectivity index (χ4n) is 2.79. The summed E-state index contributed by atoms with van der Waals surface area (Å²) in [6.07, 6.45) is 1.92. The van der Waals surface area contributed by atoms with Gasteiger partial charge in [-0.1, -0.05) is 24.3 Å². The van der Waals surface area contributed by atoms with Gasteiger partial charge in [-0.25, -0.2) is 0 Å². The molecule has 0 bridgehead atoms. The predicted octanol–water partition coefficient (Wildman–Crippen LogP) is 2.94. The van der Waals surface area contributed by atoms with Crippen LogP contribution in [0, 0.1) is 0 Å². The molecule has 2 aromatic carbocycles. The maximum Gasteiger partial charge on any atom is 0.127 e. The second-order valence-corrected chi connectivity index (χ2v) is 5.37. The molecule has 0 saturated heterocycles. The highest BCUT2D eigenvalue weighted by molar-refractivity contribution is 5.68. The second-order valence-electron chi connectivity index (χ2n) is 5.37. The molecule has 1 aliphatic heterocycles. The van der Waals surface area contributed by atoms with Gasteiger partial charge >= 0.3 is 0 Å². The minimum absolute atomic E-state index is 0.516. The Morgan fingerprint density at radius 1 is 1.14 bits per heavy atom. The molecule has 2 N–H and O–H groups in total. The van der Waals surface area contributed by atoms with Gasteiger partial charge in [-0.15, -0.1) is 0 Å². The first-order valence-corrected chi connectivity index (χ1v) is 7.38. The number of hydrogen-bond donors (Lipinski definition) is 1. The van der Waals surface area contributed by atoms with Crippen LogP contribution >= 0.6 is 0 Å². The van der Waals surface area contributed by atoms with Crippen LogP contribution in [0.1, 0.15) is 16.7 Å². The van der Waals surface area contributed by atoms with Gasteiger partial charge < -0.3 is 15.2 Å². The van der Waals surface area contributed by atoms with Crippen molar-refractivity contribution in [1.82, 2.24) is 0 Å². The fraction of sp³-hybridized carbons (Fsp3) is 0.333. The Balaban J connectivity index is 1.90. The van der Waals surface area contributed by atoms with Gasteiger partial charge in [-0.05, 0) is 40.8 Å². The molecule has 110 valence electrons. The summed E-state index contributed by atoms with van der Waals surface area (Å²) in [4.78, 5) is 0. The van der Waals surface area contributed by atoms with Crippen molar-refractivity contribution in [3.8, 4) is 16.9 Å². The van der Waals surface area contributed by atoms with E-state index in [1.165, 1.54) is 22.3 Å². The van der Waals surface area contributed by atoms with Crippen LogP contribution < -0.4 is 10.5 Å². The van der Waals surface area contributed by atoms with Gasteiger partial charge in [0, 0.05) is 25.6 Å². The molecule has 2 aromatic rings. The lowest BCUT2D eigenvalue weighted by Gasteiger charge is -2.10. The van der Waals surface area contributed by atoms with Gasteiger partial charge in [0.05, 0.1) is 13.2 Å². The Morgan fingerprint density at radius 2 is 1.95 bits per heavy atom. The zero-order chi connectivity index (χ0) is 14.7. The highest BCUT2D eigenvalue weighted by Crippen LogP contribution is 2.34. The smallest absolute Gasteiger partial charge is 0.127 e. The first-order chi connectivity index (χ1) is 10.3. The van der Waals surface area contributed by atoms with Crippen LogP contribution in [0.5, 0.6) is 5.75 Å². The van der Waals surface area contributed by atoms with Crippen molar-refractivity contribution in [3.05, 3.63) is 53.1 Å². The monoisotopic (exact) mass is 283 g/mol. The van der Waals surface area contributed by atoms with Crippen LogP contribution in [0.4, 0.5) is 0 Å². The average molecular weight is 283 g/mol. The van der Waals surface area contributed by atoms with E-state index in [9.17, 15) is 0 Å². The molecule has 3 rings (SSSR count). The fourth-order valence-corrected chi connectivity index (χ4v) is 2.79. The molecule has 0 fully saturated rings. The summed E-state index contributed by atoms with van der Waals surface area (Å²) in [5.41, 5.74) is 12.0. The molecule has 0 radical (unpaired) electrons. The molecule has 0 aliphatic carbocycles. The van der Waals surface area contributed by atoms with Gasteiger partial charge in [0.1, 0.15) is 5.75 Å². The highest BCUT2D eigenvalue weighted by Gasteiger charge is 2.17. The van der Waals surface area contributed by atoms with E-state index in [4.69, 9.17) is 15.2 Å². The number of hydrogen-bond acceptors (Lipinski definition) is 3. The molecule has 3 heteroatoms. The average Bonchev–Trinajstić information content (AvgIpc) is 3.01. The number of rotatable bonds is 5. The van der Waals surface area contributed by atoms with Crippen molar-refractivity contribution >= 4 is 0 Å². The first kappa shape index (κ1) is 14.1. The standard InChI is InChI=1S/C18H21NO2/c1-20-8-6-13-2-4-14(5-3-13)16-10-15-7-9-21-18(15)17(11-16)12-19/h2-5,10-11H,6-9,12,19H2,1H3. The summed E-state index contributed by atoms with van der Waals surface area (Å²) in [6, 6.07) is 13.0. The normalized spacial score (nSPS) is 13.0. The van der Waals surface area contributed by atoms with Crippen molar-refractivity contribution in [1.29, 1.82) is 0 Å². The van der Waals surface area contributed by atoms with E-state index in [2.05, 4.69) is 36.4 Å². The van der Waals surface area contributed by atoms with E-state index in [1.54, 1.807) is 7.11 Å². The van der Waals surface area contributed by atoms with Gasteiger partial charge in [0.2, 0.25) is 0 Å². The topological polar surface area (TPSA) is 44.5 Å². The first-order valence-electron chi connectivity index (χ1n) is 7.38. The molecule has 21 heavy (non-hydrogen) atoms.